The molecule has 2 aromatic carbocycles. The smallest absolute Gasteiger partial charge is 0.0616 e. The van der Waals surface area contributed by atoms with Crippen LogP contribution in [0.1, 0.15) is 24.8 Å². The van der Waals surface area contributed by atoms with Crippen LogP contribution in [0.25, 0.3) is 10.8 Å². The first-order valence-corrected chi connectivity index (χ1v) is 8.08. The Hall–Kier alpha value is -0.950. The maximum atomic E-state index is 2.30. The molecular formula is C16H19S+. The Kier molecular flexibility index (Phi) is 3.11. The van der Waals surface area contributed by atoms with Gasteiger partial charge in [-0.05, 0) is 37.6 Å². The Morgan fingerprint density at radius 3 is 2.47 bits per heavy atom. The molecule has 0 bridgehead atoms. The van der Waals surface area contributed by atoms with Gasteiger partial charge in [-0.1, -0.05) is 30.3 Å². The van der Waals surface area contributed by atoms with Gasteiger partial charge in [-0.15, -0.1) is 0 Å². The average molecular weight is 243 g/mol. The minimum absolute atomic E-state index is 0.506. The quantitative estimate of drug-likeness (QED) is 0.655. The lowest BCUT2D eigenvalue weighted by Crippen LogP contribution is -2.18. The fraction of sp³-hybridized carbons (Fsp3) is 0.375. The van der Waals surface area contributed by atoms with E-state index in [2.05, 4.69) is 43.3 Å². The average Bonchev–Trinajstić information content (AvgIpc) is 2.39. The largest absolute Gasteiger partial charge is 0.165 e. The van der Waals surface area contributed by atoms with Crippen molar-refractivity contribution in [2.75, 3.05) is 11.5 Å². The number of hydrogen-bond donors (Lipinski definition) is 0. The van der Waals surface area contributed by atoms with Crippen LogP contribution in [0.4, 0.5) is 0 Å². The summed E-state index contributed by atoms with van der Waals surface area (Å²) in [7, 11) is 0.506. The van der Waals surface area contributed by atoms with Crippen LogP contribution in [0, 0.1) is 6.92 Å². The predicted molar refractivity (Wildman–Crippen MR) is 77.9 cm³/mol. The van der Waals surface area contributed by atoms with E-state index < -0.39 is 0 Å². The Morgan fingerprint density at radius 1 is 0.882 bits per heavy atom. The third-order valence-corrected chi connectivity index (χ3v) is 6.33. The van der Waals surface area contributed by atoms with E-state index in [0.717, 1.165) is 0 Å². The zero-order chi connectivity index (χ0) is 11.7. The van der Waals surface area contributed by atoms with E-state index in [0.29, 0.717) is 10.9 Å². The molecule has 1 saturated heterocycles. The van der Waals surface area contributed by atoms with Crippen LogP contribution in [0.2, 0.25) is 0 Å². The van der Waals surface area contributed by atoms with Crippen molar-refractivity contribution in [2.24, 2.45) is 0 Å². The van der Waals surface area contributed by atoms with Crippen LogP contribution in [-0.2, 0) is 10.9 Å². The van der Waals surface area contributed by atoms with Crippen molar-refractivity contribution < 1.29 is 0 Å². The molecule has 0 radical (unpaired) electrons. The Labute approximate surface area is 106 Å². The third-order valence-electron chi connectivity index (χ3n) is 3.65. The molecule has 0 unspecified atom stereocenters. The Balaban J connectivity index is 2.15. The summed E-state index contributed by atoms with van der Waals surface area (Å²) < 4.78 is 0. The molecule has 0 nitrogen and oxygen atoms in total. The number of hydrogen-bond acceptors (Lipinski definition) is 0. The van der Waals surface area contributed by atoms with Gasteiger partial charge in [0.1, 0.15) is 11.5 Å². The lowest BCUT2D eigenvalue weighted by atomic mass is 10.1. The first kappa shape index (κ1) is 11.2. The van der Waals surface area contributed by atoms with Crippen molar-refractivity contribution in [3.63, 3.8) is 0 Å². The molecule has 3 rings (SSSR count). The minimum atomic E-state index is 0.506. The molecule has 0 saturated carbocycles. The third kappa shape index (κ3) is 2.09. The van der Waals surface area contributed by atoms with Gasteiger partial charge in [-0.3, -0.25) is 0 Å². The minimum Gasteiger partial charge on any atom is -0.0616 e. The summed E-state index contributed by atoms with van der Waals surface area (Å²) in [5.74, 6) is 2.82. The highest BCUT2D eigenvalue weighted by atomic mass is 32.2. The first-order chi connectivity index (χ1) is 8.36. The molecule has 0 atom stereocenters. The second-order valence-electron chi connectivity index (χ2n) is 4.89. The lowest BCUT2D eigenvalue weighted by Gasteiger charge is -2.16. The van der Waals surface area contributed by atoms with E-state index in [1.165, 1.54) is 47.1 Å². The molecule has 0 spiro atoms. The summed E-state index contributed by atoms with van der Waals surface area (Å²) in [5, 5.41) is 2.91. The molecule has 1 fully saturated rings. The molecule has 0 aliphatic carbocycles. The Bertz CT molecular complexity index is 524. The molecular weight excluding hydrogens is 224 g/mol. The molecule has 0 N–H and O–H groups in total. The Morgan fingerprint density at radius 2 is 1.65 bits per heavy atom. The highest BCUT2D eigenvalue weighted by molar-refractivity contribution is 7.97. The summed E-state index contributed by atoms with van der Waals surface area (Å²) in [4.78, 5) is 1.66. The zero-order valence-electron chi connectivity index (χ0n) is 10.4. The molecule has 0 amide bonds. The highest BCUT2D eigenvalue weighted by Gasteiger charge is 2.28. The number of benzene rings is 2. The van der Waals surface area contributed by atoms with E-state index in [-0.39, 0.29) is 0 Å². The van der Waals surface area contributed by atoms with Crippen LogP contribution in [0.15, 0.2) is 41.3 Å². The van der Waals surface area contributed by atoms with Crippen molar-refractivity contribution in [3.05, 3.63) is 42.0 Å². The fourth-order valence-electron chi connectivity index (χ4n) is 2.77. The second-order valence-corrected chi connectivity index (χ2v) is 7.10. The van der Waals surface area contributed by atoms with Crippen molar-refractivity contribution in [3.8, 4) is 0 Å². The van der Waals surface area contributed by atoms with Gasteiger partial charge in [-0.2, -0.15) is 0 Å². The molecule has 2 aromatic rings. The van der Waals surface area contributed by atoms with Crippen molar-refractivity contribution in [1.82, 2.24) is 0 Å². The van der Waals surface area contributed by atoms with Crippen LogP contribution >= 0.6 is 0 Å². The molecule has 1 heteroatoms. The number of aryl methyl sites for hydroxylation is 1. The number of fused-ring (bicyclic) bond motifs is 1. The van der Waals surface area contributed by atoms with Crippen LogP contribution in [0.3, 0.4) is 0 Å². The standard InChI is InChI=1S/C16H19S/c1-13-9-10-14-7-3-4-8-15(14)16(13)17-11-5-2-6-12-17/h3-4,7-10H,2,5-6,11-12H2,1H3/q+1. The molecule has 17 heavy (non-hydrogen) atoms. The highest BCUT2D eigenvalue weighted by Crippen LogP contribution is 2.31. The molecule has 1 aliphatic heterocycles. The normalized spacial score (nSPS) is 17.5. The topological polar surface area (TPSA) is 0 Å². The van der Waals surface area contributed by atoms with Gasteiger partial charge in [-0.25, -0.2) is 0 Å². The maximum absolute atomic E-state index is 2.30. The SMILES string of the molecule is Cc1ccc2ccccc2c1[S+]1CCCCC1. The van der Waals surface area contributed by atoms with Crippen molar-refractivity contribution in [2.45, 2.75) is 31.1 Å². The molecule has 0 aromatic heterocycles. The van der Waals surface area contributed by atoms with Crippen molar-refractivity contribution >= 4 is 21.7 Å². The van der Waals surface area contributed by atoms with Gasteiger partial charge in [0.15, 0.2) is 4.90 Å². The summed E-state index contributed by atoms with van der Waals surface area (Å²) in [6, 6.07) is 13.4. The number of rotatable bonds is 1. The van der Waals surface area contributed by atoms with E-state index in [1.54, 1.807) is 4.90 Å². The van der Waals surface area contributed by atoms with Gasteiger partial charge in [0.05, 0.1) is 0 Å². The fourth-order valence-corrected chi connectivity index (χ4v) is 5.51. The molecule has 1 aliphatic rings. The lowest BCUT2D eigenvalue weighted by molar-refractivity contribution is 0.756. The van der Waals surface area contributed by atoms with E-state index >= 15 is 0 Å². The summed E-state index contributed by atoms with van der Waals surface area (Å²) >= 11 is 0. The summed E-state index contributed by atoms with van der Waals surface area (Å²) in [6.07, 6.45) is 4.28. The molecule has 88 valence electrons. The zero-order valence-corrected chi connectivity index (χ0v) is 11.2. The van der Waals surface area contributed by atoms with E-state index in [1.807, 2.05) is 0 Å². The monoisotopic (exact) mass is 243 g/mol. The van der Waals surface area contributed by atoms with Gasteiger partial charge in [0.25, 0.3) is 0 Å². The van der Waals surface area contributed by atoms with Crippen LogP contribution < -0.4 is 0 Å². The van der Waals surface area contributed by atoms with Crippen LogP contribution in [-0.4, -0.2) is 11.5 Å². The maximum Gasteiger partial charge on any atom is 0.165 e. The van der Waals surface area contributed by atoms with Gasteiger partial charge in [0.2, 0.25) is 0 Å². The van der Waals surface area contributed by atoms with Crippen molar-refractivity contribution in [1.29, 1.82) is 0 Å². The predicted octanol–water partition coefficient (Wildman–Crippen LogP) is 4.31. The van der Waals surface area contributed by atoms with E-state index in [9.17, 15) is 0 Å². The second kappa shape index (κ2) is 4.73. The van der Waals surface area contributed by atoms with Gasteiger partial charge >= 0.3 is 0 Å². The molecule has 1 heterocycles. The first-order valence-electron chi connectivity index (χ1n) is 6.52. The van der Waals surface area contributed by atoms with Gasteiger partial charge in [0, 0.05) is 21.8 Å². The summed E-state index contributed by atoms with van der Waals surface area (Å²) in [6.45, 7) is 2.28. The van der Waals surface area contributed by atoms with Crippen LogP contribution in [0.5, 0.6) is 0 Å². The van der Waals surface area contributed by atoms with Gasteiger partial charge < -0.3 is 0 Å². The summed E-state index contributed by atoms with van der Waals surface area (Å²) in [5.41, 5.74) is 1.49. The van der Waals surface area contributed by atoms with E-state index in [4.69, 9.17) is 0 Å².